The Morgan fingerprint density at radius 1 is 1.23 bits per heavy atom. The molecule has 2 aromatic rings. The number of methoxy groups -OCH3 is 1. The summed E-state index contributed by atoms with van der Waals surface area (Å²) in [7, 11) is -1.78. The second kappa shape index (κ2) is 9.48. The van der Waals surface area contributed by atoms with E-state index < -0.39 is 21.6 Å². The molecule has 0 spiro atoms. The molecule has 0 radical (unpaired) electrons. The van der Waals surface area contributed by atoms with Gasteiger partial charge < -0.3 is 19.1 Å². The number of benzene rings is 2. The average Bonchev–Trinajstić information content (AvgIpc) is 3.28. The molecule has 1 fully saturated rings. The Labute approximate surface area is 193 Å². The summed E-state index contributed by atoms with van der Waals surface area (Å²) in [5.74, 6) is 1.54. The molecule has 1 saturated heterocycles. The van der Waals surface area contributed by atoms with Gasteiger partial charge in [0.05, 0.1) is 18.2 Å². The number of rotatable bonds is 7. The van der Waals surface area contributed by atoms with Crippen LogP contribution in [0.2, 0.25) is 0 Å². The van der Waals surface area contributed by atoms with Crippen LogP contribution in [-0.4, -0.2) is 48.1 Å². The first kappa shape index (κ1) is 22.6. The summed E-state index contributed by atoms with van der Waals surface area (Å²) in [6, 6.07) is 10.8. The van der Waals surface area contributed by atoms with Crippen LogP contribution in [0, 0.1) is 0 Å². The second-order valence-electron chi connectivity index (χ2n) is 8.04. The molecule has 0 aliphatic carbocycles. The van der Waals surface area contributed by atoms with Crippen molar-refractivity contribution in [1.29, 1.82) is 0 Å². The van der Waals surface area contributed by atoms with Crippen molar-refractivity contribution >= 4 is 26.1 Å². The Balaban J connectivity index is 1.48. The highest BCUT2D eigenvalue weighted by Crippen LogP contribution is 2.48. The summed E-state index contributed by atoms with van der Waals surface area (Å²) in [4.78, 5) is 2.76. The lowest BCUT2D eigenvalue weighted by Crippen LogP contribution is -2.38. The van der Waals surface area contributed by atoms with Crippen molar-refractivity contribution in [3.63, 3.8) is 0 Å². The monoisotopic (exact) mass is 510 g/mol. The van der Waals surface area contributed by atoms with E-state index >= 15 is 0 Å². The van der Waals surface area contributed by atoms with Crippen molar-refractivity contribution in [3.05, 3.63) is 46.4 Å². The lowest BCUT2D eigenvalue weighted by Gasteiger charge is -2.30. The Morgan fingerprint density at radius 2 is 2.00 bits per heavy atom. The maximum absolute atomic E-state index is 13.2. The van der Waals surface area contributed by atoms with E-state index in [0.717, 1.165) is 28.8 Å². The van der Waals surface area contributed by atoms with E-state index in [2.05, 4.69) is 20.8 Å². The van der Waals surface area contributed by atoms with Crippen LogP contribution in [0.3, 0.4) is 0 Å². The minimum atomic E-state index is -3.31. The molecule has 1 unspecified atom stereocenters. The van der Waals surface area contributed by atoms with Gasteiger partial charge in [0.15, 0.2) is 17.1 Å². The third-order valence-electron chi connectivity index (χ3n) is 6.01. The molecule has 0 amide bonds. The van der Waals surface area contributed by atoms with Gasteiger partial charge in [-0.1, -0.05) is 16.3 Å². The van der Waals surface area contributed by atoms with Gasteiger partial charge in [-0.25, -0.2) is 0 Å². The molecule has 0 saturated carbocycles. The van der Waals surface area contributed by atoms with Crippen LogP contribution in [-0.2, 0) is 14.4 Å². The van der Waals surface area contributed by atoms with Gasteiger partial charge in [-0.05, 0) is 79.0 Å². The molecule has 0 bridgehead atoms. The summed E-state index contributed by atoms with van der Waals surface area (Å²) < 4.78 is 42.4. The third-order valence-corrected chi connectivity index (χ3v) is 8.84. The van der Waals surface area contributed by atoms with E-state index in [9.17, 15) is 8.76 Å². The SMILES string of the molecule is COc1cccc2c1O[C@@H](c1ccc(OCCCN3CCCC3)c(Br)c1)[C@H](C)[S+]2(=O)O. The van der Waals surface area contributed by atoms with Gasteiger partial charge in [0.2, 0.25) is 10.6 Å². The smallest absolute Gasteiger partial charge is 0.258 e. The summed E-state index contributed by atoms with van der Waals surface area (Å²) in [6.07, 6.45) is 3.00. The van der Waals surface area contributed by atoms with E-state index in [1.807, 2.05) is 18.2 Å². The highest BCUT2D eigenvalue weighted by molar-refractivity contribution is 9.10. The third kappa shape index (κ3) is 4.62. The average molecular weight is 511 g/mol. The number of ether oxygens (including phenoxy) is 3. The zero-order chi connectivity index (χ0) is 22.0. The number of nitrogens with zero attached hydrogens (tertiary/aromatic N) is 1. The maximum Gasteiger partial charge on any atom is 0.258 e. The van der Waals surface area contributed by atoms with Crippen molar-refractivity contribution in [2.75, 3.05) is 33.4 Å². The van der Waals surface area contributed by atoms with Crippen LogP contribution in [0.1, 0.15) is 37.9 Å². The van der Waals surface area contributed by atoms with Crippen molar-refractivity contribution in [2.24, 2.45) is 0 Å². The van der Waals surface area contributed by atoms with Gasteiger partial charge in [0.1, 0.15) is 5.75 Å². The molecule has 2 heterocycles. The van der Waals surface area contributed by atoms with Crippen LogP contribution < -0.4 is 14.2 Å². The van der Waals surface area contributed by atoms with Gasteiger partial charge in [-0.15, -0.1) is 0 Å². The van der Waals surface area contributed by atoms with Crippen molar-refractivity contribution < 1.29 is 23.0 Å². The van der Waals surface area contributed by atoms with Gasteiger partial charge in [-0.3, -0.25) is 0 Å². The van der Waals surface area contributed by atoms with Crippen LogP contribution in [0.4, 0.5) is 0 Å². The molecule has 4 rings (SSSR count). The second-order valence-corrected chi connectivity index (χ2v) is 11.2. The molecule has 2 aliphatic rings. The van der Waals surface area contributed by atoms with E-state index in [0.29, 0.717) is 18.1 Å². The summed E-state index contributed by atoms with van der Waals surface area (Å²) in [5.41, 5.74) is 0.808. The first-order valence-corrected chi connectivity index (χ1v) is 13.0. The highest BCUT2D eigenvalue weighted by atomic mass is 79.9. The van der Waals surface area contributed by atoms with Crippen molar-refractivity contribution in [1.82, 2.24) is 4.90 Å². The number of halogens is 1. The molecule has 2 aromatic carbocycles. The van der Waals surface area contributed by atoms with Crippen LogP contribution in [0.15, 0.2) is 45.8 Å². The summed E-state index contributed by atoms with van der Waals surface area (Å²) in [5, 5.41) is -0.619. The molecule has 8 heteroatoms. The lowest BCUT2D eigenvalue weighted by atomic mass is 10.1. The molecule has 168 valence electrons. The standard InChI is InChI=1S/C23H28BrNO5S/c1-16-22(30-23-20(28-2)7-5-8-21(23)31(16,26)27)17-9-10-19(18(24)15-17)29-14-6-13-25-11-3-4-12-25/h5,7-10,15-16,22H,3-4,6,11-14H2,1-2H3/p+1/t16-,22+/m0/s1. The summed E-state index contributed by atoms with van der Waals surface area (Å²) in [6.45, 7) is 5.85. The first-order chi connectivity index (χ1) is 14.9. The fourth-order valence-electron chi connectivity index (χ4n) is 4.22. The zero-order valence-electron chi connectivity index (χ0n) is 17.9. The summed E-state index contributed by atoms with van der Waals surface area (Å²) >= 11 is 3.59. The van der Waals surface area contributed by atoms with Gasteiger partial charge in [0, 0.05) is 12.6 Å². The van der Waals surface area contributed by atoms with E-state index in [-0.39, 0.29) is 4.90 Å². The quantitative estimate of drug-likeness (QED) is 0.409. The molecular formula is C23H29BrNO5S+. The van der Waals surface area contributed by atoms with E-state index in [4.69, 9.17) is 14.2 Å². The number of likely N-dealkylation sites (tertiary alicyclic amines) is 1. The minimum absolute atomic E-state index is 0.285. The lowest BCUT2D eigenvalue weighted by molar-refractivity contribution is 0.175. The fraction of sp³-hybridized carbons (Fsp3) is 0.478. The van der Waals surface area contributed by atoms with Crippen LogP contribution in [0.25, 0.3) is 0 Å². The molecule has 31 heavy (non-hydrogen) atoms. The fourth-order valence-corrected chi connectivity index (χ4v) is 6.37. The largest absolute Gasteiger partial charge is 0.493 e. The van der Waals surface area contributed by atoms with Crippen LogP contribution >= 0.6 is 15.9 Å². The van der Waals surface area contributed by atoms with Gasteiger partial charge in [0.25, 0.3) is 10.2 Å². The Bertz CT molecular complexity index is 978. The Kier molecular flexibility index (Phi) is 6.91. The predicted octanol–water partition coefficient (Wildman–Crippen LogP) is 5.18. The number of para-hydroxylation sites is 1. The molecular weight excluding hydrogens is 482 g/mol. The zero-order valence-corrected chi connectivity index (χ0v) is 20.3. The highest BCUT2D eigenvalue weighted by Gasteiger charge is 2.51. The van der Waals surface area contributed by atoms with Crippen molar-refractivity contribution in [2.45, 2.75) is 42.4 Å². The van der Waals surface area contributed by atoms with E-state index in [1.54, 1.807) is 25.1 Å². The normalized spacial score (nSPS) is 25.7. The predicted molar refractivity (Wildman–Crippen MR) is 125 cm³/mol. The molecule has 2 aliphatic heterocycles. The first-order valence-electron chi connectivity index (χ1n) is 10.7. The molecule has 6 nitrogen and oxygen atoms in total. The van der Waals surface area contributed by atoms with Gasteiger partial charge in [-0.2, -0.15) is 4.55 Å². The Morgan fingerprint density at radius 3 is 2.71 bits per heavy atom. The van der Waals surface area contributed by atoms with Crippen molar-refractivity contribution in [3.8, 4) is 17.2 Å². The van der Waals surface area contributed by atoms with Gasteiger partial charge >= 0.3 is 0 Å². The van der Waals surface area contributed by atoms with E-state index in [1.165, 1.54) is 33.0 Å². The Hall–Kier alpha value is -1.61. The maximum atomic E-state index is 13.2. The molecule has 3 atom stereocenters. The minimum Gasteiger partial charge on any atom is -0.493 e. The number of fused-ring (bicyclic) bond motifs is 1. The number of hydrogen-bond donors (Lipinski definition) is 1. The molecule has 1 N–H and O–H groups in total. The number of hydrogen-bond acceptors (Lipinski definition) is 5. The topological polar surface area (TPSA) is 68.2 Å². The van der Waals surface area contributed by atoms with Crippen LogP contribution in [0.5, 0.6) is 17.2 Å². The molecule has 0 aromatic heterocycles.